The molecule has 0 aromatic carbocycles. The molecule has 1 aromatic rings. The monoisotopic (exact) mass is 359 g/mol. The van der Waals surface area contributed by atoms with E-state index < -0.39 is 0 Å². The molecule has 8 heteroatoms. The molecule has 0 aliphatic carbocycles. The van der Waals surface area contributed by atoms with Crippen LogP contribution >= 0.6 is 11.3 Å². The van der Waals surface area contributed by atoms with Crippen LogP contribution in [0.2, 0.25) is 0 Å². The van der Waals surface area contributed by atoms with Crippen LogP contribution in [0.4, 0.5) is 5.13 Å². The summed E-state index contributed by atoms with van der Waals surface area (Å²) >= 11 is 1.78. The highest BCUT2D eigenvalue weighted by molar-refractivity contribution is 7.15. The highest BCUT2D eigenvalue weighted by Crippen LogP contribution is 2.30. The molecule has 1 fully saturated rings. The number of aliphatic imine (C=N–C) groups is 2. The fourth-order valence-corrected chi connectivity index (χ4v) is 4.49. The lowest BCUT2D eigenvalue weighted by Crippen LogP contribution is -2.45. The molecule has 134 valence electrons. The Morgan fingerprint density at radius 1 is 1.40 bits per heavy atom. The number of aromatic nitrogens is 1. The first kappa shape index (κ1) is 16.7. The van der Waals surface area contributed by atoms with Crippen molar-refractivity contribution in [2.45, 2.75) is 26.3 Å². The van der Waals surface area contributed by atoms with Crippen molar-refractivity contribution in [1.82, 2.24) is 20.3 Å². The van der Waals surface area contributed by atoms with Gasteiger partial charge in [0.15, 0.2) is 5.13 Å². The normalized spacial score (nSPS) is 23.9. The first-order valence-corrected chi connectivity index (χ1v) is 9.61. The van der Waals surface area contributed by atoms with Gasteiger partial charge in [-0.2, -0.15) is 0 Å². The van der Waals surface area contributed by atoms with Crippen molar-refractivity contribution < 1.29 is 0 Å². The molecule has 3 aliphatic rings. The van der Waals surface area contributed by atoms with Gasteiger partial charge in [-0.05, 0) is 32.4 Å². The van der Waals surface area contributed by atoms with Gasteiger partial charge in [-0.25, -0.2) is 25.4 Å². The third kappa shape index (κ3) is 3.47. The summed E-state index contributed by atoms with van der Waals surface area (Å²) in [5, 5.41) is 3.16. The van der Waals surface area contributed by atoms with Crippen LogP contribution in [0.15, 0.2) is 28.0 Å². The van der Waals surface area contributed by atoms with Gasteiger partial charge < -0.3 is 4.90 Å². The van der Waals surface area contributed by atoms with Crippen LogP contribution in [0.3, 0.4) is 0 Å². The van der Waals surface area contributed by atoms with Crippen LogP contribution in [0, 0.1) is 5.92 Å². The summed E-state index contributed by atoms with van der Waals surface area (Å²) in [6, 6.07) is 0. The number of anilines is 1. The topological polar surface area (TPSA) is 59.4 Å². The second-order valence-corrected chi connectivity index (χ2v) is 8.10. The molecule has 4 heterocycles. The quantitative estimate of drug-likeness (QED) is 0.890. The Balaban J connectivity index is 1.45. The Hall–Kier alpha value is -1.77. The van der Waals surface area contributed by atoms with Crippen LogP contribution in [-0.2, 0) is 6.54 Å². The van der Waals surface area contributed by atoms with E-state index in [-0.39, 0.29) is 0 Å². The number of hydrogen-bond donors (Lipinski definition) is 1. The molecule has 0 saturated carbocycles. The number of nitrogens with one attached hydrogen (secondary N) is 1. The lowest BCUT2D eigenvalue weighted by Gasteiger charge is -2.37. The molecule has 25 heavy (non-hydrogen) atoms. The second kappa shape index (κ2) is 6.86. The molecule has 0 bridgehead atoms. The Morgan fingerprint density at radius 3 is 3.08 bits per heavy atom. The van der Waals surface area contributed by atoms with Crippen LogP contribution in [0.5, 0.6) is 0 Å². The number of nitrogens with zero attached hydrogens (tertiary/aromatic N) is 6. The fraction of sp³-hybridized carbons (Fsp3) is 0.588. The number of allylic oxidation sites excluding steroid dienone is 1. The Morgan fingerprint density at radius 2 is 2.28 bits per heavy atom. The maximum Gasteiger partial charge on any atom is 0.241 e. The average molecular weight is 360 g/mol. The number of piperidine rings is 1. The Labute approximate surface area is 152 Å². The smallest absolute Gasteiger partial charge is 0.241 e. The van der Waals surface area contributed by atoms with Crippen molar-refractivity contribution >= 4 is 28.1 Å². The molecule has 1 atom stereocenters. The molecule has 4 rings (SSSR count). The Bertz CT molecular complexity index is 733. The van der Waals surface area contributed by atoms with E-state index in [1.807, 2.05) is 20.3 Å². The predicted molar refractivity (Wildman–Crippen MR) is 103 cm³/mol. The molecule has 0 radical (unpaired) electrons. The third-order valence-electron chi connectivity index (χ3n) is 4.77. The highest BCUT2D eigenvalue weighted by atomic mass is 32.1. The molecular weight excluding hydrogens is 334 g/mol. The van der Waals surface area contributed by atoms with Crippen molar-refractivity contribution in [3.63, 3.8) is 0 Å². The van der Waals surface area contributed by atoms with Crippen molar-refractivity contribution in [3.8, 4) is 0 Å². The SMILES string of the molecule is CC1=NC2=NCNN2C(C2CCCN(Cc3cnc(N(C)C)s3)C2)=C1. The zero-order valence-corrected chi connectivity index (χ0v) is 15.9. The third-order valence-corrected chi connectivity index (χ3v) is 5.92. The van der Waals surface area contributed by atoms with E-state index in [0.29, 0.717) is 12.6 Å². The molecular formula is C17H25N7S. The minimum atomic E-state index is 0.510. The van der Waals surface area contributed by atoms with Gasteiger partial charge in [0.2, 0.25) is 5.96 Å². The van der Waals surface area contributed by atoms with E-state index in [4.69, 9.17) is 0 Å². The molecule has 1 saturated heterocycles. The van der Waals surface area contributed by atoms with E-state index in [1.165, 1.54) is 23.4 Å². The molecule has 0 spiro atoms. The number of rotatable bonds is 4. The molecule has 1 N–H and O–H groups in total. The zero-order chi connectivity index (χ0) is 17.4. The summed E-state index contributed by atoms with van der Waals surface area (Å²) in [5.74, 6) is 1.32. The summed E-state index contributed by atoms with van der Waals surface area (Å²) in [7, 11) is 4.09. The van der Waals surface area contributed by atoms with Gasteiger partial charge >= 0.3 is 0 Å². The van der Waals surface area contributed by atoms with E-state index in [9.17, 15) is 0 Å². The van der Waals surface area contributed by atoms with E-state index in [0.717, 1.165) is 36.4 Å². The summed E-state index contributed by atoms with van der Waals surface area (Å²) in [6.07, 6.45) is 6.67. The van der Waals surface area contributed by atoms with Crippen molar-refractivity contribution in [2.75, 3.05) is 38.8 Å². The van der Waals surface area contributed by atoms with E-state index in [1.54, 1.807) is 11.3 Å². The lowest BCUT2D eigenvalue weighted by atomic mass is 9.93. The van der Waals surface area contributed by atoms with E-state index >= 15 is 0 Å². The van der Waals surface area contributed by atoms with Gasteiger partial charge in [0, 0.05) is 55.6 Å². The predicted octanol–water partition coefficient (Wildman–Crippen LogP) is 1.91. The first-order chi connectivity index (χ1) is 12.1. The molecule has 0 amide bonds. The largest absolute Gasteiger partial charge is 0.354 e. The average Bonchev–Trinajstić information content (AvgIpc) is 3.23. The molecule has 7 nitrogen and oxygen atoms in total. The molecule has 3 aliphatic heterocycles. The summed E-state index contributed by atoms with van der Waals surface area (Å²) in [5.41, 5.74) is 5.69. The summed E-state index contributed by atoms with van der Waals surface area (Å²) in [4.78, 5) is 19.4. The zero-order valence-electron chi connectivity index (χ0n) is 15.1. The number of thiazole rings is 1. The lowest BCUT2D eigenvalue weighted by molar-refractivity contribution is 0.168. The van der Waals surface area contributed by atoms with Crippen LogP contribution in [-0.4, -0.2) is 60.4 Å². The van der Waals surface area contributed by atoms with Crippen LogP contribution in [0.1, 0.15) is 24.6 Å². The molecule has 1 unspecified atom stereocenters. The molecule has 1 aromatic heterocycles. The van der Waals surface area contributed by atoms with Crippen molar-refractivity contribution in [2.24, 2.45) is 15.9 Å². The van der Waals surface area contributed by atoms with E-state index in [2.05, 4.69) is 48.2 Å². The Kier molecular flexibility index (Phi) is 4.58. The first-order valence-electron chi connectivity index (χ1n) is 8.79. The van der Waals surface area contributed by atoms with Crippen LogP contribution < -0.4 is 10.3 Å². The second-order valence-electron chi connectivity index (χ2n) is 7.01. The van der Waals surface area contributed by atoms with Crippen LogP contribution in [0.25, 0.3) is 0 Å². The fourth-order valence-electron chi connectivity index (χ4n) is 3.62. The number of guanidine groups is 1. The maximum atomic E-state index is 4.52. The summed E-state index contributed by atoms with van der Waals surface area (Å²) in [6.45, 7) is 5.88. The standard InChI is InChI=1S/C17H25N7S/c1-12-7-15(24-16(21-12)19-11-20-24)13-5-4-6-23(9-13)10-14-8-18-17(25-14)22(2)3/h7-8,13,20H,4-6,9-11H2,1-3H3. The number of likely N-dealkylation sites (tertiary alicyclic amines) is 1. The number of hydrazine groups is 1. The maximum absolute atomic E-state index is 4.52. The summed E-state index contributed by atoms with van der Waals surface area (Å²) < 4.78 is 0. The van der Waals surface area contributed by atoms with Gasteiger partial charge in [0.25, 0.3) is 0 Å². The van der Waals surface area contributed by atoms with Gasteiger partial charge in [-0.1, -0.05) is 0 Å². The number of fused-ring (bicyclic) bond motifs is 1. The van der Waals surface area contributed by atoms with Crippen molar-refractivity contribution in [1.29, 1.82) is 0 Å². The van der Waals surface area contributed by atoms with Crippen molar-refractivity contribution in [3.05, 3.63) is 22.8 Å². The van der Waals surface area contributed by atoms with Gasteiger partial charge in [-0.3, -0.25) is 4.90 Å². The van der Waals surface area contributed by atoms with Gasteiger partial charge in [0.1, 0.15) is 6.67 Å². The van der Waals surface area contributed by atoms with Gasteiger partial charge in [0.05, 0.1) is 0 Å². The minimum Gasteiger partial charge on any atom is -0.354 e. The highest BCUT2D eigenvalue weighted by Gasteiger charge is 2.32. The number of hydrogen-bond acceptors (Lipinski definition) is 8. The minimum absolute atomic E-state index is 0.510. The van der Waals surface area contributed by atoms with Gasteiger partial charge in [-0.15, -0.1) is 11.3 Å².